The van der Waals surface area contributed by atoms with Crippen LogP contribution in [0.5, 0.6) is 0 Å². The number of aryl methyl sites for hydroxylation is 1. The maximum atomic E-state index is 12.2. The van der Waals surface area contributed by atoms with Crippen molar-refractivity contribution in [2.45, 2.75) is 11.9 Å². The number of aromatic nitrogens is 4. The van der Waals surface area contributed by atoms with Gasteiger partial charge >= 0.3 is 0 Å². The van der Waals surface area contributed by atoms with E-state index in [-0.39, 0.29) is 6.54 Å². The Morgan fingerprint density at radius 2 is 2.25 bits per heavy atom. The maximum Gasteiger partial charge on any atom is 0.116 e. The van der Waals surface area contributed by atoms with Gasteiger partial charge in [0.2, 0.25) is 0 Å². The minimum atomic E-state index is -0.427. The first-order valence-corrected chi connectivity index (χ1v) is 5.92. The smallest absolute Gasteiger partial charge is 0.116 e. The third-order valence-electron chi connectivity index (χ3n) is 2.10. The van der Waals surface area contributed by atoms with Crippen molar-refractivity contribution >= 4 is 15.9 Å². The van der Waals surface area contributed by atoms with E-state index < -0.39 is 6.67 Å². The average Bonchev–Trinajstić information content (AvgIpc) is 2.74. The topological polar surface area (TPSA) is 43.6 Å². The molecule has 2 aromatic heterocycles. The minimum absolute atomic E-state index is 0.264. The molecular formula is C10H10BrFN4. The molecule has 0 bridgehead atoms. The number of alkyl halides is 2. The van der Waals surface area contributed by atoms with Crippen LogP contribution in [0, 0.1) is 0 Å². The molecule has 2 rings (SSSR count). The molecule has 0 N–H and O–H groups in total. The number of rotatable bonds is 4. The van der Waals surface area contributed by atoms with Crippen molar-refractivity contribution in [3.63, 3.8) is 0 Å². The van der Waals surface area contributed by atoms with Crippen LogP contribution >= 0.6 is 15.9 Å². The molecule has 4 nitrogen and oxygen atoms in total. The molecule has 0 aliphatic heterocycles. The van der Waals surface area contributed by atoms with Gasteiger partial charge in [0.05, 0.1) is 12.7 Å². The van der Waals surface area contributed by atoms with E-state index in [0.29, 0.717) is 11.0 Å². The molecule has 0 spiro atoms. The van der Waals surface area contributed by atoms with Crippen molar-refractivity contribution < 1.29 is 4.39 Å². The molecule has 84 valence electrons. The van der Waals surface area contributed by atoms with Crippen molar-refractivity contribution in [1.29, 1.82) is 0 Å². The summed E-state index contributed by atoms with van der Waals surface area (Å²) >= 11 is 3.37. The third kappa shape index (κ3) is 2.27. The molecule has 0 radical (unpaired) electrons. The monoisotopic (exact) mass is 284 g/mol. The average molecular weight is 285 g/mol. The van der Waals surface area contributed by atoms with Gasteiger partial charge in [0.25, 0.3) is 0 Å². The molecule has 16 heavy (non-hydrogen) atoms. The van der Waals surface area contributed by atoms with E-state index in [1.807, 2.05) is 6.20 Å². The molecular weight excluding hydrogens is 275 g/mol. The predicted molar refractivity (Wildman–Crippen MR) is 61.9 cm³/mol. The lowest BCUT2D eigenvalue weighted by Gasteiger charge is -1.96. The van der Waals surface area contributed by atoms with Gasteiger partial charge in [-0.05, 0) is 0 Å². The Bertz CT molecular complexity index is 457. The number of hydrogen-bond donors (Lipinski definition) is 0. The minimum Gasteiger partial charge on any atom is -0.269 e. The van der Waals surface area contributed by atoms with Crippen LogP contribution in [0.3, 0.4) is 0 Å². The second kappa shape index (κ2) is 5.16. The molecule has 0 atom stereocenters. The highest BCUT2D eigenvalue weighted by Crippen LogP contribution is 2.21. The predicted octanol–water partition coefficient (Wildman–Crippen LogP) is 2.20. The van der Waals surface area contributed by atoms with Crippen LogP contribution in [-0.2, 0) is 11.9 Å². The lowest BCUT2D eigenvalue weighted by Crippen LogP contribution is -2.00. The summed E-state index contributed by atoms with van der Waals surface area (Å²) in [7, 11) is 0. The second-order valence-corrected chi connectivity index (χ2v) is 3.74. The lowest BCUT2D eigenvalue weighted by molar-refractivity contribution is 0.427. The molecule has 0 aliphatic rings. The van der Waals surface area contributed by atoms with Crippen LogP contribution in [0.4, 0.5) is 4.39 Å². The van der Waals surface area contributed by atoms with E-state index in [0.717, 1.165) is 11.3 Å². The molecule has 0 saturated carbocycles. The van der Waals surface area contributed by atoms with Gasteiger partial charge in [-0.15, -0.1) is 0 Å². The molecule has 2 aromatic rings. The zero-order valence-electron chi connectivity index (χ0n) is 8.48. The Kier molecular flexibility index (Phi) is 3.61. The van der Waals surface area contributed by atoms with Crippen LogP contribution < -0.4 is 0 Å². The summed E-state index contributed by atoms with van der Waals surface area (Å²) in [6.07, 6.45) is 6.68. The molecule has 0 saturated heterocycles. The van der Waals surface area contributed by atoms with Gasteiger partial charge in [-0.2, -0.15) is 5.10 Å². The Balaban J connectivity index is 2.39. The molecule has 6 heteroatoms. The largest absolute Gasteiger partial charge is 0.269 e. The highest BCUT2D eigenvalue weighted by Gasteiger charge is 2.11. The summed E-state index contributed by atoms with van der Waals surface area (Å²) in [6.45, 7) is -0.163. The molecule has 0 amide bonds. The quantitative estimate of drug-likeness (QED) is 0.809. The maximum absolute atomic E-state index is 12.2. The summed E-state index contributed by atoms with van der Waals surface area (Å²) in [5.41, 5.74) is 2.43. The highest BCUT2D eigenvalue weighted by atomic mass is 79.9. The van der Waals surface area contributed by atoms with E-state index in [2.05, 4.69) is 31.0 Å². The Morgan fingerprint density at radius 1 is 1.38 bits per heavy atom. The van der Waals surface area contributed by atoms with Crippen molar-refractivity contribution in [2.24, 2.45) is 0 Å². The normalized spacial score (nSPS) is 10.6. The van der Waals surface area contributed by atoms with E-state index in [1.54, 1.807) is 23.3 Å². The molecule has 0 fully saturated rings. The van der Waals surface area contributed by atoms with Crippen molar-refractivity contribution in [3.8, 4) is 11.4 Å². The summed E-state index contributed by atoms with van der Waals surface area (Å²) in [4.78, 5) is 8.17. The summed E-state index contributed by atoms with van der Waals surface area (Å²) < 4.78 is 13.8. The van der Waals surface area contributed by atoms with Crippen molar-refractivity contribution in [2.75, 3.05) is 6.67 Å². The van der Waals surface area contributed by atoms with Crippen LogP contribution in [0.15, 0.2) is 24.8 Å². The zero-order chi connectivity index (χ0) is 11.4. The van der Waals surface area contributed by atoms with Gasteiger partial charge in [0, 0.05) is 29.5 Å². The Labute approximate surface area is 101 Å². The Hall–Kier alpha value is -1.30. The third-order valence-corrected chi connectivity index (χ3v) is 2.70. The van der Waals surface area contributed by atoms with E-state index in [1.165, 1.54) is 0 Å². The van der Waals surface area contributed by atoms with Crippen LogP contribution in [0.1, 0.15) is 5.56 Å². The van der Waals surface area contributed by atoms with Gasteiger partial charge < -0.3 is 0 Å². The first-order chi connectivity index (χ1) is 7.85. The summed E-state index contributed by atoms with van der Waals surface area (Å²) in [5, 5.41) is 4.94. The highest BCUT2D eigenvalue weighted by molar-refractivity contribution is 9.08. The van der Waals surface area contributed by atoms with Crippen LogP contribution in [0.25, 0.3) is 11.4 Å². The number of hydrogen-bond acceptors (Lipinski definition) is 3. The first kappa shape index (κ1) is 11.2. The lowest BCUT2D eigenvalue weighted by atomic mass is 10.2. The fraction of sp³-hybridized carbons (Fsp3) is 0.300. The summed E-state index contributed by atoms with van der Waals surface area (Å²) in [6, 6.07) is 0. The van der Waals surface area contributed by atoms with E-state index >= 15 is 0 Å². The van der Waals surface area contributed by atoms with Crippen LogP contribution in [0.2, 0.25) is 0 Å². The van der Waals surface area contributed by atoms with Crippen molar-refractivity contribution in [1.82, 2.24) is 19.7 Å². The number of nitrogens with zero attached hydrogens (tertiary/aromatic N) is 4. The SMILES string of the molecule is FCCn1cc(CBr)c(-c2cnccn2)n1. The fourth-order valence-electron chi connectivity index (χ4n) is 1.40. The molecule has 0 aliphatic carbocycles. The van der Waals surface area contributed by atoms with Gasteiger partial charge in [-0.25, -0.2) is 4.39 Å². The Morgan fingerprint density at radius 3 is 2.88 bits per heavy atom. The second-order valence-electron chi connectivity index (χ2n) is 3.18. The van der Waals surface area contributed by atoms with E-state index in [9.17, 15) is 4.39 Å². The number of halogens is 2. The van der Waals surface area contributed by atoms with Gasteiger partial charge in [-0.3, -0.25) is 14.6 Å². The fourth-order valence-corrected chi connectivity index (χ4v) is 1.81. The van der Waals surface area contributed by atoms with Gasteiger partial charge in [0.15, 0.2) is 0 Å². The molecule has 0 aromatic carbocycles. The zero-order valence-corrected chi connectivity index (χ0v) is 10.1. The first-order valence-electron chi connectivity index (χ1n) is 4.79. The molecule has 2 heterocycles. The van der Waals surface area contributed by atoms with Gasteiger partial charge in [0.1, 0.15) is 18.1 Å². The van der Waals surface area contributed by atoms with Crippen LogP contribution in [-0.4, -0.2) is 26.4 Å². The standard InChI is InChI=1S/C10H10BrFN4/c11-5-8-7-16(4-1-12)15-10(8)9-6-13-2-3-14-9/h2-3,6-7H,1,4-5H2. The van der Waals surface area contributed by atoms with E-state index in [4.69, 9.17) is 0 Å². The summed E-state index contributed by atoms with van der Waals surface area (Å²) in [5.74, 6) is 0. The van der Waals surface area contributed by atoms with Gasteiger partial charge in [-0.1, -0.05) is 15.9 Å². The van der Waals surface area contributed by atoms with Crippen molar-refractivity contribution in [3.05, 3.63) is 30.4 Å². The molecule has 0 unspecified atom stereocenters.